The Morgan fingerprint density at radius 2 is 2.17 bits per heavy atom. The van der Waals surface area contributed by atoms with E-state index in [1.165, 1.54) is 6.26 Å². The van der Waals surface area contributed by atoms with E-state index in [-0.39, 0.29) is 5.91 Å². The number of furan rings is 1. The lowest BCUT2D eigenvalue weighted by Crippen LogP contribution is -2.22. The van der Waals surface area contributed by atoms with Crippen LogP contribution in [0.15, 0.2) is 53.4 Å². The van der Waals surface area contributed by atoms with Gasteiger partial charge in [0.15, 0.2) is 0 Å². The molecule has 90 valence electrons. The molecule has 1 amide bonds. The maximum absolute atomic E-state index is 12.0. The maximum atomic E-state index is 12.0. The molecule has 3 aromatic rings. The molecular weight excluding hydrogens is 228 g/mol. The lowest BCUT2D eigenvalue weighted by atomic mass is 10.1. The quantitative estimate of drug-likeness (QED) is 0.739. The van der Waals surface area contributed by atoms with Crippen LogP contribution in [0.2, 0.25) is 0 Å². The molecule has 4 nitrogen and oxygen atoms in total. The van der Waals surface area contributed by atoms with Crippen molar-refractivity contribution in [3.05, 3.63) is 60.1 Å². The minimum Gasteiger partial charge on any atom is -0.463 e. The molecule has 0 unspecified atom stereocenters. The van der Waals surface area contributed by atoms with Gasteiger partial charge in [-0.3, -0.25) is 4.79 Å². The van der Waals surface area contributed by atoms with Crippen molar-refractivity contribution < 1.29 is 9.21 Å². The predicted octanol–water partition coefficient (Wildman–Crippen LogP) is 2.69. The van der Waals surface area contributed by atoms with Crippen LogP contribution in [-0.2, 0) is 6.54 Å². The standard InChI is InChI=1S/C14H12N2O2/c17-14(16-8-10-5-6-15-7-10)12-9-18-13-4-2-1-3-11(12)13/h1-7,9,15H,8H2,(H,16,17). The highest BCUT2D eigenvalue weighted by Gasteiger charge is 2.12. The Labute approximate surface area is 104 Å². The molecule has 0 aliphatic carbocycles. The Morgan fingerprint density at radius 3 is 3.00 bits per heavy atom. The first kappa shape index (κ1) is 10.7. The minimum absolute atomic E-state index is 0.124. The lowest BCUT2D eigenvalue weighted by molar-refractivity contribution is 0.0951. The Kier molecular flexibility index (Phi) is 2.61. The summed E-state index contributed by atoms with van der Waals surface area (Å²) in [5, 5.41) is 3.70. The Morgan fingerprint density at radius 1 is 1.28 bits per heavy atom. The zero-order valence-corrected chi connectivity index (χ0v) is 9.64. The average Bonchev–Trinajstić information content (AvgIpc) is 3.05. The predicted molar refractivity (Wildman–Crippen MR) is 68.2 cm³/mol. The number of carbonyl (C=O) groups is 1. The Bertz CT molecular complexity index is 668. The van der Waals surface area contributed by atoms with Crippen LogP contribution in [0.4, 0.5) is 0 Å². The summed E-state index contributed by atoms with van der Waals surface area (Å²) in [6.45, 7) is 0.502. The molecular formula is C14H12N2O2. The molecule has 0 bridgehead atoms. The van der Waals surface area contributed by atoms with Crippen molar-refractivity contribution in [3.63, 3.8) is 0 Å². The van der Waals surface area contributed by atoms with Crippen molar-refractivity contribution in [2.75, 3.05) is 0 Å². The topological polar surface area (TPSA) is 58.0 Å². The summed E-state index contributed by atoms with van der Waals surface area (Å²) in [5.41, 5.74) is 2.33. The number of fused-ring (bicyclic) bond motifs is 1. The summed E-state index contributed by atoms with van der Waals surface area (Å²) in [6, 6.07) is 9.42. The molecule has 0 saturated heterocycles. The average molecular weight is 240 g/mol. The van der Waals surface area contributed by atoms with E-state index in [1.807, 2.05) is 42.7 Å². The third kappa shape index (κ3) is 1.88. The molecule has 0 aliphatic heterocycles. The molecule has 2 heterocycles. The largest absolute Gasteiger partial charge is 0.463 e. The van der Waals surface area contributed by atoms with Gasteiger partial charge >= 0.3 is 0 Å². The fourth-order valence-electron chi connectivity index (χ4n) is 1.90. The monoisotopic (exact) mass is 240 g/mol. The van der Waals surface area contributed by atoms with Gasteiger partial charge in [0.25, 0.3) is 5.91 Å². The van der Waals surface area contributed by atoms with Crippen molar-refractivity contribution in [2.45, 2.75) is 6.54 Å². The van der Waals surface area contributed by atoms with E-state index < -0.39 is 0 Å². The number of para-hydroxylation sites is 1. The Hall–Kier alpha value is -2.49. The highest BCUT2D eigenvalue weighted by molar-refractivity contribution is 6.05. The van der Waals surface area contributed by atoms with E-state index in [0.717, 1.165) is 16.5 Å². The molecule has 0 atom stereocenters. The smallest absolute Gasteiger partial charge is 0.255 e. The third-order valence-electron chi connectivity index (χ3n) is 2.84. The molecule has 2 N–H and O–H groups in total. The summed E-state index contributed by atoms with van der Waals surface area (Å²) >= 11 is 0. The second-order valence-corrected chi connectivity index (χ2v) is 4.05. The van der Waals surface area contributed by atoms with Gasteiger partial charge in [-0.05, 0) is 17.7 Å². The van der Waals surface area contributed by atoms with Crippen LogP contribution in [0.5, 0.6) is 0 Å². The van der Waals surface area contributed by atoms with Gasteiger partial charge in [-0.25, -0.2) is 0 Å². The number of nitrogens with one attached hydrogen (secondary N) is 2. The number of hydrogen-bond acceptors (Lipinski definition) is 2. The van der Waals surface area contributed by atoms with Crippen molar-refractivity contribution >= 4 is 16.9 Å². The van der Waals surface area contributed by atoms with Crippen LogP contribution >= 0.6 is 0 Å². The molecule has 1 aromatic carbocycles. The number of aromatic amines is 1. The first-order valence-corrected chi connectivity index (χ1v) is 5.71. The molecule has 4 heteroatoms. The second-order valence-electron chi connectivity index (χ2n) is 4.05. The number of hydrogen-bond donors (Lipinski definition) is 2. The first-order chi connectivity index (χ1) is 8.84. The first-order valence-electron chi connectivity index (χ1n) is 5.71. The maximum Gasteiger partial charge on any atom is 0.255 e. The number of aromatic nitrogens is 1. The summed E-state index contributed by atoms with van der Waals surface area (Å²) in [7, 11) is 0. The van der Waals surface area contributed by atoms with Gasteiger partial charge in [-0.2, -0.15) is 0 Å². The summed E-state index contributed by atoms with van der Waals surface area (Å²) < 4.78 is 5.34. The van der Waals surface area contributed by atoms with E-state index in [0.29, 0.717) is 12.1 Å². The zero-order valence-electron chi connectivity index (χ0n) is 9.64. The van der Waals surface area contributed by atoms with Crippen LogP contribution in [0.3, 0.4) is 0 Å². The van der Waals surface area contributed by atoms with E-state index in [4.69, 9.17) is 4.42 Å². The molecule has 0 fully saturated rings. The van der Waals surface area contributed by atoms with Crippen molar-refractivity contribution in [3.8, 4) is 0 Å². The summed E-state index contributed by atoms with van der Waals surface area (Å²) in [5.74, 6) is -0.124. The number of rotatable bonds is 3. The van der Waals surface area contributed by atoms with Crippen LogP contribution in [0, 0.1) is 0 Å². The third-order valence-corrected chi connectivity index (χ3v) is 2.84. The molecule has 0 radical (unpaired) electrons. The van der Waals surface area contributed by atoms with E-state index in [1.54, 1.807) is 0 Å². The number of amides is 1. The van der Waals surface area contributed by atoms with Crippen LogP contribution in [0.25, 0.3) is 11.0 Å². The molecule has 2 aromatic heterocycles. The summed E-state index contributed by atoms with van der Waals surface area (Å²) in [4.78, 5) is 15.0. The molecule has 18 heavy (non-hydrogen) atoms. The second kappa shape index (κ2) is 4.41. The molecule has 0 aliphatic rings. The SMILES string of the molecule is O=C(NCc1cc[nH]c1)c1coc2ccccc12. The van der Waals surface area contributed by atoms with Gasteiger partial charge < -0.3 is 14.7 Å². The van der Waals surface area contributed by atoms with Crippen LogP contribution in [-0.4, -0.2) is 10.9 Å². The van der Waals surface area contributed by atoms with Gasteiger partial charge in [0.1, 0.15) is 11.8 Å². The van der Waals surface area contributed by atoms with Gasteiger partial charge in [-0.15, -0.1) is 0 Å². The molecule has 0 saturated carbocycles. The zero-order chi connectivity index (χ0) is 12.4. The van der Waals surface area contributed by atoms with Gasteiger partial charge in [0, 0.05) is 24.3 Å². The van der Waals surface area contributed by atoms with Gasteiger partial charge in [-0.1, -0.05) is 18.2 Å². The van der Waals surface area contributed by atoms with Crippen molar-refractivity contribution in [1.29, 1.82) is 0 Å². The van der Waals surface area contributed by atoms with Crippen molar-refractivity contribution in [2.24, 2.45) is 0 Å². The Balaban J connectivity index is 1.80. The lowest BCUT2D eigenvalue weighted by Gasteiger charge is -2.01. The van der Waals surface area contributed by atoms with E-state index in [2.05, 4.69) is 10.3 Å². The number of H-pyrrole nitrogens is 1. The van der Waals surface area contributed by atoms with E-state index >= 15 is 0 Å². The minimum atomic E-state index is -0.124. The number of benzene rings is 1. The normalized spacial score (nSPS) is 10.7. The summed E-state index contributed by atoms with van der Waals surface area (Å²) in [6.07, 6.45) is 5.18. The van der Waals surface area contributed by atoms with E-state index in [9.17, 15) is 4.79 Å². The highest BCUT2D eigenvalue weighted by Crippen LogP contribution is 2.20. The van der Waals surface area contributed by atoms with Crippen LogP contribution in [0.1, 0.15) is 15.9 Å². The fraction of sp³-hybridized carbons (Fsp3) is 0.0714. The van der Waals surface area contributed by atoms with Crippen molar-refractivity contribution in [1.82, 2.24) is 10.3 Å². The fourth-order valence-corrected chi connectivity index (χ4v) is 1.90. The van der Waals surface area contributed by atoms with Crippen LogP contribution < -0.4 is 5.32 Å². The highest BCUT2D eigenvalue weighted by atomic mass is 16.3. The van der Waals surface area contributed by atoms with Gasteiger partial charge in [0.2, 0.25) is 0 Å². The number of carbonyl (C=O) groups excluding carboxylic acids is 1. The molecule has 3 rings (SSSR count). The van der Waals surface area contributed by atoms with Gasteiger partial charge in [0.05, 0.1) is 5.56 Å². The molecule has 0 spiro atoms.